The van der Waals surface area contributed by atoms with E-state index in [9.17, 15) is 4.79 Å². The number of hydrogen-bond donors (Lipinski definition) is 2. The van der Waals surface area contributed by atoms with Crippen molar-refractivity contribution in [2.24, 2.45) is 0 Å². The van der Waals surface area contributed by atoms with Gasteiger partial charge in [0.05, 0.1) is 13.2 Å². The van der Waals surface area contributed by atoms with Crippen LogP contribution in [0.2, 0.25) is 0 Å². The predicted molar refractivity (Wildman–Crippen MR) is 86.9 cm³/mol. The highest BCUT2D eigenvalue weighted by Crippen LogP contribution is 2.21. The van der Waals surface area contributed by atoms with E-state index in [-0.39, 0.29) is 18.0 Å². The summed E-state index contributed by atoms with van der Waals surface area (Å²) in [6.45, 7) is 6.36. The minimum Gasteiger partial charge on any atom is -0.398 e. The van der Waals surface area contributed by atoms with Crippen molar-refractivity contribution in [1.82, 2.24) is 10.2 Å². The molecular weight excluding hydrogens is 334 g/mol. The van der Waals surface area contributed by atoms with Crippen LogP contribution in [0.4, 0.5) is 5.69 Å². The number of carbonyl (C=O) groups is 1. The van der Waals surface area contributed by atoms with E-state index < -0.39 is 0 Å². The van der Waals surface area contributed by atoms with E-state index in [0.29, 0.717) is 19.8 Å². The molecule has 0 saturated carbocycles. The summed E-state index contributed by atoms with van der Waals surface area (Å²) in [6.07, 6.45) is 0. The van der Waals surface area contributed by atoms with E-state index in [1.807, 2.05) is 32.0 Å². The number of morpholine rings is 1. The maximum Gasteiger partial charge on any atom is 0.239 e. The fraction of sp³-hybridized carbons (Fsp3) is 0.533. The Balaban J connectivity index is 2.09. The topological polar surface area (TPSA) is 67.6 Å². The molecule has 1 amide bonds. The molecule has 3 N–H and O–H groups in total. The number of nitrogens with one attached hydrogen (secondary N) is 1. The van der Waals surface area contributed by atoms with Crippen molar-refractivity contribution in [3.8, 4) is 0 Å². The predicted octanol–water partition coefficient (Wildman–Crippen LogP) is 1.76. The SMILES string of the molecule is CC(C)NC(=O)C1COCCN1Cc1ccc(Br)cc1N. The zero-order chi connectivity index (χ0) is 15.4. The molecule has 2 rings (SSSR count). The highest BCUT2D eigenvalue weighted by molar-refractivity contribution is 9.10. The Kier molecular flexibility index (Phi) is 5.61. The monoisotopic (exact) mass is 355 g/mol. The van der Waals surface area contributed by atoms with E-state index in [1.165, 1.54) is 0 Å². The maximum absolute atomic E-state index is 12.3. The van der Waals surface area contributed by atoms with Crippen LogP contribution < -0.4 is 11.1 Å². The molecule has 1 unspecified atom stereocenters. The van der Waals surface area contributed by atoms with Gasteiger partial charge in [0.25, 0.3) is 0 Å². The lowest BCUT2D eigenvalue weighted by Gasteiger charge is -2.35. The number of nitrogen functional groups attached to an aromatic ring is 1. The van der Waals surface area contributed by atoms with Gasteiger partial charge < -0.3 is 15.8 Å². The maximum atomic E-state index is 12.3. The minimum atomic E-state index is -0.260. The molecule has 1 aromatic rings. The van der Waals surface area contributed by atoms with E-state index in [1.54, 1.807) is 0 Å². The van der Waals surface area contributed by atoms with Crippen LogP contribution in [0.5, 0.6) is 0 Å². The third-order valence-corrected chi connectivity index (χ3v) is 3.95. The number of benzene rings is 1. The van der Waals surface area contributed by atoms with Crippen molar-refractivity contribution in [2.75, 3.05) is 25.5 Å². The number of nitrogens with two attached hydrogens (primary N) is 1. The number of halogens is 1. The van der Waals surface area contributed by atoms with Gasteiger partial charge in [0, 0.05) is 29.3 Å². The number of amides is 1. The lowest BCUT2D eigenvalue weighted by molar-refractivity contribution is -0.133. The minimum absolute atomic E-state index is 0.0142. The van der Waals surface area contributed by atoms with Crippen molar-refractivity contribution < 1.29 is 9.53 Å². The van der Waals surface area contributed by atoms with E-state index in [2.05, 4.69) is 26.1 Å². The summed E-state index contributed by atoms with van der Waals surface area (Å²) in [6, 6.07) is 5.71. The molecule has 1 atom stereocenters. The Bertz CT molecular complexity index is 508. The molecule has 1 saturated heterocycles. The second-order valence-electron chi connectivity index (χ2n) is 5.57. The Morgan fingerprint density at radius 1 is 1.57 bits per heavy atom. The summed E-state index contributed by atoms with van der Waals surface area (Å²) in [5.41, 5.74) is 7.82. The Hall–Kier alpha value is -1.11. The van der Waals surface area contributed by atoms with Gasteiger partial charge >= 0.3 is 0 Å². The molecule has 0 bridgehead atoms. The van der Waals surface area contributed by atoms with Crippen LogP contribution in [0, 0.1) is 0 Å². The molecule has 1 fully saturated rings. The Labute approximate surface area is 134 Å². The molecule has 5 nitrogen and oxygen atoms in total. The molecule has 1 heterocycles. The first-order valence-electron chi connectivity index (χ1n) is 7.13. The standard InChI is InChI=1S/C15H22BrN3O2/c1-10(2)18-15(20)14-9-21-6-5-19(14)8-11-3-4-12(16)7-13(11)17/h3-4,7,10,14H,5-6,8-9,17H2,1-2H3,(H,18,20). The van der Waals surface area contributed by atoms with Crippen LogP contribution >= 0.6 is 15.9 Å². The van der Waals surface area contributed by atoms with Crippen LogP contribution in [0.1, 0.15) is 19.4 Å². The Morgan fingerprint density at radius 2 is 2.33 bits per heavy atom. The summed E-state index contributed by atoms with van der Waals surface area (Å²) >= 11 is 3.41. The smallest absolute Gasteiger partial charge is 0.239 e. The number of rotatable bonds is 4. The quantitative estimate of drug-likeness (QED) is 0.807. The molecule has 0 aromatic heterocycles. The summed E-state index contributed by atoms with van der Waals surface area (Å²) in [5.74, 6) is 0.0142. The van der Waals surface area contributed by atoms with Crippen molar-refractivity contribution in [1.29, 1.82) is 0 Å². The molecule has 1 aliphatic heterocycles. The fourth-order valence-electron chi connectivity index (χ4n) is 2.38. The summed E-state index contributed by atoms with van der Waals surface area (Å²) < 4.78 is 6.42. The van der Waals surface area contributed by atoms with Gasteiger partial charge in [-0.1, -0.05) is 22.0 Å². The zero-order valence-corrected chi connectivity index (χ0v) is 14.0. The lowest BCUT2D eigenvalue weighted by atomic mass is 10.1. The molecule has 0 radical (unpaired) electrons. The highest BCUT2D eigenvalue weighted by atomic mass is 79.9. The van der Waals surface area contributed by atoms with Crippen molar-refractivity contribution in [3.63, 3.8) is 0 Å². The largest absolute Gasteiger partial charge is 0.398 e. The lowest BCUT2D eigenvalue weighted by Crippen LogP contribution is -2.54. The van der Waals surface area contributed by atoms with E-state index in [0.717, 1.165) is 22.3 Å². The molecule has 6 heteroatoms. The molecule has 116 valence electrons. The molecular formula is C15H22BrN3O2. The number of carbonyl (C=O) groups excluding carboxylic acids is 1. The van der Waals surface area contributed by atoms with Crippen LogP contribution in [-0.4, -0.2) is 42.6 Å². The second kappa shape index (κ2) is 7.24. The van der Waals surface area contributed by atoms with Gasteiger partial charge in [0.15, 0.2) is 0 Å². The van der Waals surface area contributed by atoms with Crippen LogP contribution in [-0.2, 0) is 16.1 Å². The van der Waals surface area contributed by atoms with Gasteiger partial charge in [-0.05, 0) is 31.5 Å². The number of ether oxygens (including phenoxy) is 1. The van der Waals surface area contributed by atoms with Crippen molar-refractivity contribution in [3.05, 3.63) is 28.2 Å². The average Bonchev–Trinajstić information content (AvgIpc) is 2.41. The van der Waals surface area contributed by atoms with Gasteiger partial charge in [-0.3, -0.25) is 9.69 Å². The van der Waals surface area contributed by atoms with Crippen LogP contribution in [0.15, 0.2) is 22.7 Å². The van der Waals surface area contributed by atoms with Gasteiger partial charge in [-0.25, -0.2) is 0 Å². The first-order chi connectivity index (χ1) is 9.97. The van der Waals surface area contributed by atoms with Crippen molar-refractivity contribution >= 4 is 27.5 Å². The number of nitrogens with zero attached hydrogens (tertiary/aromatic N) is 1. The first-order valence-corrected chi connectivity index (χ1v) is 7.92. The highest BCUT2D eigenvalue weighted by Gasteiger charge is 2.29. The second-order valence-corrected chi connectivity index (χ2v) is 6.48. The van der Waals surface area contributed by atoms with Gasteiger partial charge in [0.2, 0.25) is 5.91 Å². The molecule has 0 aliphatic carbocycles. The first kappa shape index (κ1) is 16.3. The fourth-order valence-corrected chi connectivity index (χ4v) is 2.76. The molecule has 1 aromatic carbocycles. The summed E-state index contributed by atoms with van der Waals surface area (Å²) in [5, 5.41) is 2.95. The Morgan fingerprint density at radius 3 is 3.00 bits per heavy atom. The van der Waals surface area contributed by atoms with Gasteiger partial charge in [-0.15, -0.1) is 0 Å². The van der Waals surface area contributed by atoms with Crippen LogP contribution in [0.3, 0.4) is 0 Å². The van der Waals surface area contributed by atoms with Gasteiger partial charge in [-0.2, -0.15) is 0 Å². The third-order valence-electron chi connectivity index (χ3n) is 3.45. The molecule has 21 heavy (non-hydrogen) atoms. The third kappa shape index (κ3) is 4.43. The number of hydrogen-bond acceptors (Lipinski definition) is 4. The summed E-state index contributed by atoms with van der Waals surface area (Å²) in [7, 11) is 0. The van der Waals surface area contributed by atoms with Crippen LogP contribution in [0.25, 0.3) is 0 Å². The van der Waals surface area contributed by atoms with Crippen molar-refractivity contribution in [2.45, 2.75) is 32.5 Å². The van der Waals surface area contributed by atoms with Gasteiger partial charge in [0.1, 0.15) is 6.04 Å². The average molecular weight is 356 g/mol. The normalized spacial score (nSPS) is 19.7. The summed E-state index contributed by atoms with van der Waals surface area (Å²) in [4.78, 5) is 14.4. The zero-order valence-electron chi connectivity index (χ0n) is 12.4. The molecule has 0 spiro atoms. The number of anilines is 1. The molecule has 1 aliphatic rings. The van der Waals surface area contributed by atoms with E-state index in [4.69, 9.17) is 10.5 Å². The van der Waals surface area contributed by atoms with E-state index >= 15 is 0 Å².